The van der Waals surface area contributed by atoms with Crippen LogP contribution >= 0.6 is 0 Å². The number of alkyl halides is 3. The summed E-state index contributed by atoms with van der Waals surface area (Å²) < 4.78 is 59.3. The standard InChI is InChI=1S/C10H15F3N2O3S/c11-10(12,13)19(17,18)15-9(16)8-5-6-3-1-2-4-7(6)14-8/h6-8,14H,1-5H2,(H,15,16)/t6?,7-,8?/m0/s1. The summed E-state index contributed by atoms with van der Waals surface area (Å²) in [6.45, 7) is 0. The molecule has 1 saturated heterocycles. The predicted octanol–water partition coefficient (Wildman–Crippen LogP) is 0.873. The lowest BCUT2D eigenvalue weighted by Crippen LogP contribution is -2.48. The van der Waals surface area contributed by atoms with Crippen molar-refractivity contribution >= 4 is 15.9 Å². The van der Waals surface area contributed by atoms with Crippen molar-refractivity contribution in [2.75, 3.05) is 0 Å². The third kappa shape index (κ3) is 3.02. The molecule has 3 atom stereocenters. The molecule has 9 heteroatoms. The zero-order valence-electron chi connectivity index (χ0n) is 10.0. The van der Waals surface area contributed by atoms with Gasteiger partial charge in [0.15, 0.2) is 0 Å². The van der Waals surface area contributed by atoms with Crippen molar-refractivity contribution in [3.8, 4) is 0 Å². The second-order valence-corrected chi connectivity index (χ2v) is 6.70. The molecule has 2 fully saturated rings. The van der Waals surface area contributed by atoms with E-state index in [1.807, 2.05) is 0 Å². The average Bonchev–Trinajstić information content (AvgIpc) is 2.70. The molecule has 1 amide bonds. The first kappa shape index (κ1) is 14.6. The molecule has 0 spiro atoms. The number of rotatable bonds is 2. The van der Waals surface area contributed by atoms with Crippen LogP contribution in [0.2, 0.25) is 0 Å². The van der Waals surface area contributed by atoms with Crippen molar-refractivity contribution in [2.45, 2.75) is 49.7 Å². The van der Waals surface area contributed by atoms with Gasteiger partial charge < -0.3 is 5.32 Å². The summed E-state index contributed by atoms with van der Waals surface area (Å²) in [5.74, 6) is -0.871. The lowest BCUT2D eigenvalue weighted by Gasteiger charge is -2.24. The Morgan fingerprint density at radius 3 is 2.42 bits per heavy atom. The van der Waals surface area contributed by atoms with Gasteiger partial charge in [0, 0.05) is 6.04 Å². The van der Waals surface area contributed by atoms with Crippen LogP contribution in [0.1, 0.15) is 32.1 Å². The monoisotopic (exact) mass is 300 g/mol. The molecule has 0 bridgehead atoms. The van der Waals surface area contributed by atoms with E-state index in [-0.39, 0.29) is 12.0 Å². The third-order valence-corrected chi connectivity index (χ3v) is 4.80. The van der Waals surface area contributed by atoms with E-state index in [0.29, 0.717) is 6.42 Å². The van der Waals surface area contributed by atoms with Gasteiger partial charge in [-0.15, -0.1) is 0 Å². The summed E-state index contributed by atoms with van der Waals surface area (Å²) in [6.07, 6.45) is 4.25. The van der Waals surface area contributed by atoms with Crippen molar-refractivity contribution < 1.29 is 26.4 Å². The predicted molar refractivity (Wildman–Crippen MR) is 60.4 cm³/mol. The van der Waals surface area contributed by atoms with Crippen LogP contribution in [-0.2, 0) is 14.8 Å². The fourth-order valence-corrected chi connectivity index (χ4v) is 3.31. The smallest absolute Gasteiger partial charge is 0.303 e. The SMILES string of the molecule is O=C(NS(=O)(=O)C(F)(F)F)C1CC2CCCC[C@@H]2N1. The molecule has 0 aromatic carbocycles. The number of nitrogens with one attached hydrogen (secondary N) is 2. The Morgan fingerprint density at radius 1 is 1.21 bits per heavy atom. The molecular formula is C10H15F3N2O3S. The summed E-state index contributed by atoms with van der Waals surface area (Å²) in [7, 11) is -5.61. The minimum absolute atomic E-state index is 0.109. The Bertz CT molecular complexity index is 449. The highest BCUT2D eigenvalue weighted by molar-refractivity contribution is 7.90. The van der Waals surface area contributed by atoms with Crippen LogP contribution in [0.15, 0.2) is 0 Å². The number of hydrogen-bond acceptors (Lipinski definition) is 4. The highest BCUT2D eigenvalue weighted by atomic mass is 32.2. The Morgan fingerprint density at radius 2 is 1.84 bits per heavy atom. The van der Waals surface area contributed by atoms with Crippen LogP contribution in [0.4, 0.5) is 13.2 Å². The van der Waals surface area contributed by atoms with E-state index < -0.39 is 27.5 Å². The van der Waals surface area contributed by atoms with Gasteiger partial charge in [-0.25, -0.2) is 4.72 Å². The first-order valence-corrected chi connectivity index (χ1v) is 7.58. The number of hydrogen-bond donors (Lipinski definition) is 2. The second-order valence-electron chi connectivity index (χ2n) is 5.02. The van der Waals surface area contributed by atoms with Gasteiger partial charge in [0.2, 0.25) is 0 Å². The van der Waals surface area contributed by atoms with Gasteiger partial charge in [-0.05, 0) is 25.2 Å². The Labute approximate surface area is 109 Å². The van der Waals surface area contributed by atoms with Crippen LogP contribution in [0.25, 0.3) is 0 Å². The minimum Gasteiger partial charge on any atom is -0.303 e. The molecule has 110 valence electrons. The zero-order chi connectivity index (χ0) is 14.3. The molecule has 2 rings (SSSR count). The van der Waals surface area contributed by atoms with E-state index in [4.69, 9.17) is 0 Å². The Balaban J connectivity index is 1.99. The molecule has 1 saturated carbocycles. The largest absolute Gasteiger partial charge is 0.516 e. The molecule has 2 N–H and O–H groups in total. The minimum atomic E-state index is -5.61. The summed E-state index contributed by atoms with van der Waals surface area (Å²) in [5.41, 5.74) is -5.46. The van der Waals surface area contributed by atoms with E-state index in [1.165, 1.54) is 0 Å². The molecule has 2 unspecified atom stereocenters. The molecule has 1 heterocycles. The van der Waals surface area contributed by atoms with Crippen molar-refractivity contribution in [3.63, 3.8) is 0 Å². The van der Waals surface area contributed by atoms with E-state index in [9.17, 15) is 26.4 Å². The molecule has 1 aliphatic heterocycles. The van der Waals surface area contributed by atoms with Crippen molar-refractivity contribution in [1.29, 1.82) is 0 Å². The van der Waals surface area contributed by atoms with Gasteiger partial charge in [-0.2, -0.15) is 21.6 Å². The van der Waals surface area contributed by atoms with Crippen LogP contribution in [0.3, 0.4) is 0 Å². The van der Waals surface area contributed by atoms with E-state index in [2.05, 4.69) is 5.32 Å². The normalized spacial score (nSPS) is 31.8. The van der Waals surface area contributed by atoms with Gasteiger partial charge in [-0.3, -0.25) is 4.79 Å². The average molecular weight is 300 g/mol. The fraction of sp³-hybridized carbons (Fsp3) is 0.900. The van der Waals surface area contributed by atoms with Crippen LogP contribution in [0.5, 0.6) is 0 Å². The molecule has 0 radical (unpaired) electrons. The summed E-state index contributed by atoms with van der Waals surface area (Å²) in [4.78, 5) is 11.6. The molecule has 1 aliphatic carbocycles. The Kier molecular flexibility index (Phi) is 3.78. The maximum absolute atomic E-state index is 12.2. The maximum atomic E-state index is 12.2. The van der Waals surface area contributed by atoms with Crippen LogP contribution < -0.4 is 10.0 Å². The first-order valence-electron chi connectivity index (χ1n) is 6.10. The van der Waals surface area contributed by atoms with Crippen molar-refractivity contribution in [1.82, 2.24) is 10.0 Å². The summed E-state index contributed by atoms with van der Waals surface area (Å²) in [6, 6.07) is -0.747. The highest BCUT2D eigenvalue weighted by Gasteiger charge is 2.48. The number of halogens is 3. The topological polar surface area (TPSA) is 75.3 Å². The molecule has 5 nitrogen and oxygen atoms in total. The van der Waals surface area contributed by atoms with Gasteiger partial charge in [-0.1, -0.05) is 12.8 Å². The van der Waals surface area contributed by atoms with Crippen LogP contribution in [0, 0.1) is 5.92 Å². The van der Waals surface area contributed by atoms with Gasteiger partial charge in [0.05, 0.1) is 6.04 Å². The third-order valence-electron chi connectivity index (χ3n) is 3.72. The van der Waals surface area contributed by atoms with E-state index >= 15 is 0 Å². The fourth-order valence-electron chi connectivity index (χ4n) is 2.78. The number of sulfonamides is 1. The van der Waals surface area contributed by atoms with Crippen LogP contribution in [-0.4, -0.2) is 31.9 Å². The van der Waals surface area contributed by atoms with E-state index in [1.54, 1.807) is 0 Å². The lowest BCUT2D eigenvalue weighted by molar-refractivity contribution is -0.121. The quantitative estimate of drug-likeness (QED) is 0.793. The number of fused-ring (bicyclic) bond motifs is 1. The highest BCUT2D eigenvalue weighted by Crippen LogP contribution is 2.33. The van der Waals surface area contributed by atoms with Crippen molar-refractivity contribution in [2.24, 2.45) is 5.92 Å². The molecule has 2 aliphatic rings. The molecular weight excluding hydrogens is 285 g/mol. The number of carbonyl (C=O) groups is 1. The Hall–Kier alpha value is -0.830. The van der Waals surface area contributed by atoms with Gasteiger partial charge in [0.25, 0.3) is 5.91 Å². The second kappa shape index (κ2) is 4.93. The summed E-state index contributed by atoms with van der Waals surface area (Å²) >= 11 is 0. The summed E-state index contributed by atoms with van der Waals surface area (Å²) in [5, 5.41) is 2.92. The number of carbonyl (C=O) groups excluding carboxylic acids is 1. The molecule has 0 aromatic heterocycles. The van der Waals surface area contributed by atoms with Crippen molar-refractivity contribution in [3.05, 3.63) is 0 Å². The first-order chi connectivity index (χ1) is 8.71. The maximum Gasteiger partial charge on any atom is 0.516 e. The molecule has 0 aromatic rings. The van der Waals surface area contributed by atoms with Gasteiger partial charge >= 0.3 is 15.5 Å². The number of amides is 1. The van der Waals surface area contributed by atoms with Gasteiger partial charge in [0.1, 0.15) is 0 Å². The zero-order valence-corrected chi connectivity index (χ0v) is 10.9. The lowest BCUT2D eigenvalue weighted by atomic mass is 9.85. The molecule has 19 heavy (non-hydrogen) atoms. The van der Waals surface area contributed by atoms with E-state index in [0.717, 1.165) is 30.4 Å².